The average Bonchev–Trinajstić information content (AvgIpc) is 3.19. The van der Waals surface area contributed by atoms with E-state index in [0.29, 0.717) is 17.3 Å². The molecule has 0 radical (unpaired) electrons. The minimum Gasteiger partial charge on any atom is -0.382 e. The lowest BCUT2D eigenvalue weighted by molar-refractivity contribution is 0.313. The van der Waals surface area contributed by atoms with Crippen LogP contribution in [0.15, 0.2) is 54.7 Å². The highest BCUT2D eigenvalue weighted by Crippen LogP contribution is 2.28. The summed E-state index contributed by atoms with van der Waals surface area (Å²) < 4.78 is 0. The van der Waals surface area contributed by atoms with Crippen molar-refractivity contribution in [3.05, 3.63) is 54.7 Å². The minimum absolute atomic E-state index is 0.364. The van der Waals surface area contributed by atoms with Gasteiger partial charge in [-0.15, -0.1) is 0 Å². The van der Waals surface area contributed by atoms with Gasteiger partial charge in [0.05, 0.1) is 22.9 Å². The van der Waals surface area contributed by atoms with E-state index < -0.39 is 0 Å². The number of hydrogen-bond donors (Lipinski definition) is 2. The molecule has 2 aromatic carbocycles. The van der Waals surface area contributed by atoms with Crippen LogP contribution in [0.4, 0.5) is 11.5 Å². The van der Waals surface area contributed by atoms with Crippen LogP contribution >= 0.6 is 0 Å². The Balaban J connectivity index is 1.51. The fourth-order valence-electron chi connectivity index (χ4n) is 3.70. The van der Waals surface area contributed by atoms with Crippen molar-refractivity contribution in [1.29, 1.82) is 0 Å². The molecule has 0 unspecified atom stereocenters. The smallest absolute Gasteiger partial charge is 0.161 e. The van der Waals surface area contributed by atoms with E-state index in [0.717, 1.165) is 48.5 Å². The number of rotatable bonds is 3. The number of hydrogen-bond acceptors (Lipinski definition) is 6. The maximum absolute atomic E-state index is 6.13. The number of benzene rings is 2. The van der Waals surface area contributed by atoms with Crippen molar-refractivity contribution < 1.29 is 0 Å². The van der Waals surface area contributed by atoms with Gasteiger partial charge in [0, 0.05) is 37.4 Å². The molecule has 146 valence electrons. The molecular weight excluding hydrogens is 362 g/mol. The van der Waals surface area contributed by atoms with Gasteiger partial charge in [-0.2, -0.15) is 0 Å². The Kier molecular flexibility index (Phi) is 4.37. The van der Waals surface area contributed by atoms with Crippen LogP contribution < -0.4 is 10.6 Å². The molecule has 5 rings (SSSR count). The van der Waals surface area contributed by atoms with E-state index in [2.05, 4.69) is 56.1 Å². The number of nitrogens with one attached hydrogen (secondary N) is 1. The number of fused-ring (bicyclic) bond motifs is 1. The second-order valence-electron chi connectivity index (χ2n) is 7.43. The summed E-state index contributed by atoms with van der Waals surface area (Å²) >= 11 is 0. The van der Waals surface area contributed by atoms with E-state index in [4.69, 9.17) is 10.7 Å². The van der Waals surface area contributed by atoms with Gasteiger partial charge in [-0.05, 0) is 31.3 Å². The monoisotopic (exact) mass is 385 g/mol. The third-order valence-electron chi connectivity index (χ3n) is 5.42. The number of aromatic nitrogens is 4. The third kappa shape index (κ3) is 3.40. The molecule has 4 aromatic rings. The summed E-state index contributed by atoms with van der Waals surface area (Å²) in [6.45, 7) is 4.19. The fourth-order valence-corrected chi connectivity index (χ4v) is 3.70. The molecule has 0 bridgehead atoms. The Hall–Kier alpha value is -3.45. The number of aromatic amines is 1. The molecule has 0 aliphatic carbocycles. The number of imidazole rings is 1. The van der Waals surface area contributed by atoms with Gasteiger partial charge >= 0.3 is 0 Å². The van der Waals surface area contributed by atoms with Crippen LogP contribution in [0.2, 0.25) is 0 Å². The molecule has 1 fully saturated rings. The highest BCUT2D eigenvalue weighted by atomic mass is 15.2. The predicted octanol–water partition coefficient (Wildman–Crippen LogP) is 3.02. The Labute approximate surface area is 169 Å². The summed E-state index contributed by atoms with van der Waals surface area (Å²) in [7, 11) is 2.16. The van der Waals surface area contributed by atoms with E-state index >= 15 is 0 Å². The van der Waals surface area contributed by atoms with Crippen LogP contribution in [0, 0.1) is 0 Å². The summed E-state index contributed by atoms with van der Waals surface area (Å²) in [5.41, 5.74) is 11.5. The number of para-hydroxylation sites is 2. The summed E-state index contributed by atoms with van der Waals surface area (Å²) in [4.78, 5) is 21.9. The molecule has 0 spiro atoms. The second kappa shape index (κ2) is 7.18. The van der Waals surface area contributed by atoms with Crippen molar-refractivity contribution in [2.45, 2.75) is 0 Å². The number of anilines is 2. The van der Waals surface area contributed by atoms with Gasteiger partial charge in [-0.1, -0.05) is 24.3 Å². The van der Waals surface area contributed by atoms with Crippen molar-refractivity contribution >= 4 is 22.5 Å². The second-order valence-corrected chi connectivity index (χ2v) is 7.43. The zero-order chi connectivity index (χ0) is 19.8. The van der Waals surface area contributed by atoms with Gasteiger partial charge in [0.2, 0.25) is 0 Å². The van der Waals surface area contributed by atoms with Crippen LogP contribution in [-0.2, 0) is 0 Å². The molecule has 1 saturated heterocycles. The molecule has 7 heteroatoms. The molecule has 0 atom stereocenters. The van der Waals surface area contributed by atoms with Gasteiger partial charge < -0.3 is 20.5 Å². The average molecular weight is 385 g/mol. The van der Waals surface area contributed by atoms with Crippen molar-refractivity contribution in [2.75, 3.05) is 43.9 Å². The molecule has 1 aliphatic heterocycles. The van der Waals surface area contributed by atoms with Crippen molar-refractivity contribution in [2.24, 2.45) is 0 Å². The zero-order valence-electron chi connectivity index (χ0n) is 16.3. The first-order chi connectivity index (χ1) is 14.2. The Bertz CT molecular complexity index is 1130. The van der Waals surface area contributed by atoms with Gasteiger partial charge in [0.25, 0.3) is 0 Å². The summed E-state index contributed by atoms with van der Waals surface area (Å²) in [5.74, 6) is 0.997. The first-order valence-corrected chi connectivity index (χ1v) is 9.79. The maximum atomic E-state index is 6.13. The molecule has 0 saturated carbocycles. The number of nitrogens with two attached hydrogens (primary N) is 1. The fraction of sp³-hybridized carbons (Fsp3) is 0.227. The van der Waals surface area contributed by atoms with E-state index in [-0.39, 0.29) is 0 Å². The van der Waals surface area contributed by atoms with Crippen LogP contribution in [-0.4, -0.2) is 58.1 Å². The molecule has 29 heavy (non-hydrogen) atoms. The van der Waals surface area contributed by atoms with E-state index in [1.807, 2.05) is 24.3 Å². The topological polar surface area (TPSA) is 87.0 Å². The van der Waals surface area contributed by atoms with Crippen LogP contribution in [0.3, 0.4) is 0 Å². The highest BCUT2D eigenvalue weighted by Gasteiger charge is 2.16. The lowest BCUT2D eigenvalue weighted by atomic mass is 10.1. The Morgan fingerprint density at radius 3 is 2.62 bits per heavy atom. The largest absolute Gasteiger partial charge is 0.382 e. The maximum Gasteiger partial charge on any atom is 0.161 e. The predicted molar refractivity (Wildman–Crippen MR) is 117 cm³/mol. The Morgan fingerprint density at radius 1 is 0.966 bits per heavy atom. The molecular formula is C22H23N7. The third-order valence-corrected chi connectivity index (χ3v) is 5.42. The van der Waals surface area contributed by atoms with Gasteiger partial charge in [0.15, 0.2) is 11.6 Å². The van der Waals surface area contributed by atoms with E-state index in [9.17, 15) is 0 Å². The van der Waals surface area contributed by atoms with Gasteiger partial charge in [-0.3, -0.25) is 0 Å². The molecule has 0 amide bonds. The number of piperazine rings is 1. The number of nitrogen functional groups attached to an aromatic ring is 1. The zero-order valence-corrected chi connectivity index (χ0v) is 16.3. The molecule has 2 aromatic heterocycles. The highest BCUT2D eigenvalue weighted by molar-refractivity contribution is 5.81. The van der Waals surface area contributed by atoms with Crippen molar-refractivity contribution in [1.82, 2.24) is 24.8 Å². The van der Waals surface area contributed by atoms with E-state index in [1.165, 1.54) is 5.69 Å². The molecule has 3 N–H and O–H groups in total. The lowest BCUT2D eigenvalue weighted by Crippen LogP contribution is -2.44. The SMILES string of the molecule is CN1CCN(c2cccc(-c3cnc(N)c(-c4nc5ccccc5[nH]4)n3)c2)CC1. The number of likely N-dealkylation sites (N-methyl/N-ethyl adjacent to an activating group) is 1. The van der Waals surface area contributed by atoms with E-state index in [1.54, 1.807) is 6.20 Å². The first kappa shape index (κ1) is 17.6. The molecule has 1 aliphatic rings. The summed E-state index contributed by atoms with van der Waals surface area (Å²) in [5, 5.41) is 0. The quantitative estimate of drug-likeness (QED) is 0.564. The Morgan fingerprint density at radius 2 is 1.79 bits per heavy atom. The number of nitrogens with zero attached hydrogens (tertiary/aromatic N) is 5. The van der Waals surface area contributed by atoms with Gasteiger partial charge in [-0.25, -0.2) is 15.0 Å². The lowest BCUT2D eigenvalue weighted by Gasteiger charge is -2.34. The summed E-state index contributed by atoms with van der Waals surface area (Å²) in [6, 6.07) is 16.3. The van der Waals surface area contributed by atoms with Gasteiger partial charge in [0.1, 0.15) is 5.69 Å². The summed E-state index contributed by atoms with van der Waals surface area (Å²) in [6.07, 6.45) is 1.73. The number of H-pyrrole nitrogens is 1. The van der Waals surface area contributed by atoms with Crippen LogP contribution in [0.25, 0.3) is 33.8 Å². The normalized spacial score (nSPS) is 15.1. The minimum atomic E-state index is 0.364. The van der Waals surface area contributed by atoms with Crippen LogP contribution in [0.5, 0.6) is 0 Å². The standard InChI is InChI=1S/C22H23N7/c1-28-9-11-29(12-10-28)16-6-4-5-15(13-16)19-14-24-21(23)20(25-19)22-26-17-7-2-3-8-18(17)27-22/h2-8,13-14H,9-12H2,1H3,(H2,23,24)(H,26,27). The van der Waals surface area contributed by atoms with Crippen molar-refractivity contribution in [3.63, 3.8) is 0 Å². The molecule has 7 nitrogen and oxygen atoms in total. The van der Waals surface area contributed by atoms with Crippen molar-refractivity contribution in [3.8, 4) is 22.8 Å². The molecule has 3 heterocycles. The van der Waals surface area contributed by atoms with Crippen LogP contribution in [0.1, 0.15) is 0 Å². The first-order valence-electron chi connectivity index (χ1n) is 9.79.